The molecule has 8 bridgehead atoms. The van der Waals surface area contributed by atoms with E-state index in [4.69, 9.17) is 26.4 Å². The molecule has 13 atom stereocenters. The molecule has 0 amide bonds. The lowest BCUT2D eigenvalue weighted by Crippen LogP contribution is -2.62. The first-order valence-electron chi connectivity index (χ1n) is 35.3. The van der Waals surface area contributed by atoms with E-state index in [0.29, 0.717) is 52.3 Å². The highest BCUT2D eigenvalue weighted by atomic mass is 16.5. The molecule has 0 spiro atoms. The number of benzene rings is 4. The zero-order valence-electron chi connectivity index (χ0n) is 55.2. The van der Waals surface area contributed by atoms with Crippen molar-refractivity contribution in [3.05, 3.63) is 134 Å². The molecule has 12 aliphatic rings. The molecule has 4 aromatic rings. The van der Waals surface area contributed by atoms with Crippen LogP contribution in [0.2, 0.25) is 0 Å². The number of carboxylic acids is 3. The number of hydrogen-bond donors (Lipinski definition) is 6. The van der Waals surface area contributed by atoms with Gasteiger partial charge in [-0.15, -0.1) is 0 Å². The van der Waals surface area contributed by atoms with Gasteiger partial charge in [-0.05, 0) is 254 Å². The molecule has 1 unspecified atom stereocenters. The fourth-order valence-electron chi connectivity index (χ4n) is 22.2. The van der Waals surface area contributed by atoms with Crippen molar-refractivity contribution in [3.63, 3.8) is 0 Å². The predicted molar refractivity (Wildman–Crippen MR) is 359 cm³/mol. The zero-order valence-corrected chi connectivity index (χ0v) is 55.2. The highest BCUT2D eigenvalue weighted by Crippen LogP contribution is 2.60. The second-order valence-electron chi connectivity index (χ2n) is 30.6. The Labute approximate surface area is 541 Å². The van der Waals surface area contributed by atoms with E-state index in [9.17, 15) is 24.6 Å². The molecule has 91 heavy (non-hydrogen) atoms. The first-order valence-corrected chi connectivity index (χ1v) is 35.3. The molecule has 7 N–H and O–H groups in total. The predicted octanol–water partition coefficient (Wildman–Crippen LogP) is 12.7. The van der Waals surface area contributed by atoms with Gasteiger partial charge in [-0.25, -0.2) is 4.79 Å². The Hall–Kier alpha value is -6.09. The van der Waals surface area contributed by atoms with Gasteiger partial charge in [0, 0.05) is 52.4 Å². The largest absolute Gasteiger partial charge is 0.497 e. The number of aliphatic carboxylic acids is 2. The summed E-state index contributed by atoms with van der Waals surface area (Å²) in [6, 6.07) is 27.9. The van der Waals surface area contributed by atoms with Crippen LogP contribution in [0.15, 0.2) is 72.8 Å². The molecule has 0 radical (unpaired) electrons. The summed E-state index contributed by atoms with van der Waals surface area (Å²) in [6.45, 7) is 6.23. The SMILES string of the molecule is CC(C(=O)O)c1ccc2c(c1)[C@]13CCCC[C@@H]1[C@H](C2)N(C)CC3.CN1CC[C@@]23CCCC[C@@H]2[C@@H]1Cc1ccc(C(=O)O)cc13.CN1CC[C@@]23CCCC[C@@H]2[C@@H]1Cc1ccc(CC(=O)O)cc13.COc1ccc2c(c1)[C@]13CCCC[C@@H]1[C@H](C2)N(C(=N)CC(=N)N)CC3. The van der Waals surface area contributed by atoms with Gasteiger partial charge in [-0.3, -0.25) is 20.4 Å². The van der Waals surface area contributed by atoms with Gasteiger partial charge in [-0.1, -0.05) is 99.9 Å². The van der Waals surface area contributed by atoms with Crippen molar-refractivity contribution >= 4 is 29.6 Å². The van der Waals surface area contributed by atoms with Gasteiger partial charge in [0.2, 0.25) is 0 Å². The maximum absolute atomic E-state index is 11.4. The van der Waals surface area contributed by atoms with Gasteiger partial charge < -0.3 is 45.4 Å². The number of rotatable bonds is 8. The van der Waals surface area contributed by atoms with Crippen molar-refractivity contribution in [2.45, 2.75) is 226 Å². The Morgan fingerprint density at radius 2 is 0.956 bits per heavy atom. The lowest BCUT2D eigenvalue weighted by atomic mass is 9.52. The van der Waals surface area contributed by atoms with E-state index in [2.05, 4.69) is 89.3 Å². The van der Waals surface area contributed by atoms with E-state index in [1.807, 2.05) is 18.2 Å². The Balaban J connectivity index is 0.000000111. The number of likely N-dealkylation sites (N-methyl/N-ethyl adjacent to an activating group) is 3. The van der Waals surface area contributed by atoms with Crippen LogP contribution in [0.3, 0.4) is 0 Å². The van der Waals surface area contributed by atoms with Gasteiger partial charge in [0.15, 0.2) is 0 Å². The number of nitrogens with one attached hydrogen (secondary N) is 2. The molecule has 4 aromatic carbocycles. The van der Waals surface area contributed by atoms with Gasteiger partial charge in [0.05, 0.1) is 37.3 Å². The molecule has 8 aliphatic carbocycles. The van der Waals surface area contributed by atoms with E-state index < -0.39 is 23.8 Å². The highest BCUT2D eigenvalue weighted by molar-refractivity contribution is 5.99. The number of aromatic carboxylic acids is 1. The molecule has 4 heterocycles. The number of methoxy groups -OCH3 is 1. The molecule has 4 saturated carbocycles. The van der Waals surface area contributed by atoms with E-state index in [-0.39, 0.29) is 29.5 Å². The maximum atomic E-state index is 11.4. The van der Waals surface area contributed by atoms with Crippen LogP contribution in [0.1, 0.15) is 214 Å². The van der Waals surface area contributed by atoms with Crippen molar-refractivity contribution in [2.24, 2.45) is 29.4 Å². The zero-order chi connectivity index (χ0) is 63.7. The van der Waals surface area contributed by atoms with Crippen molar-refractivity contribution in [1.82, 2.24) is 19.6 Å². The third-order valence-electron chi connectivity index (χ3n) is 26.7. The highest BCUT2D eigenvalue weighted by Gasteiger charge is 2.57. The number of ether oxygens (including phenoxy) is 1. The van der Waals surface area contributed by atoms with Gasteiger partial charge in [-0.2, -0.15) is 0 Å². The molecule has 16 rings (SSSR count). The average Bonchev–Trinajstić information content (AvgIpc) is 0.787. The monoisotopic (exact) mass is 1240 g/mol. The van der Waals surface area contributed by atoms with Crippen molar-refractivity contribution in [3.8, 4) is 5.75 Å². The lowest BCUT2D eigenvalue weighted by Gasteiger charge is -2.59. The fourth-order valence-corrected chi connectivity index (χ4v) is 22.2. The second-order valence-corrected chi connectivity index (χ2v) is 30.6. The Morgan fingerprint density at radius 1 is 0.538 bits per heavy atom. The van der Waals surface area contributed by atoms with E-state index in [1.54, 1.807) is 20.1 Å². The number of nitrogens with two attached hydrogens (primary N) is 1. The van der Waals surface area contributed by atoms with Crippen molar-refractivity contribution in [2.75, 3.05) is 54.4 Å². The summed E-state index contributed by atoms with van der Waals surface area (Å²) in [4.78, 5) is 43.8. The van der Waals surface area contributed by atoms with Gasteiger partial charge in [0.1, 0.15) is 11.6 Å². The van der Waals surface area contributed by atoms with Crippen LogP contribution >= 0.6 is 0 Å². The number of piperidine rings is 4. The average molecular weight is 1240 g/mol. The topological polar surface area (TPSA) is 208 Å². The molecular weight excluding hydrogens is 1130 g/mol. The van der Waals surface area contributed by atoms with Crippen molar-refractivity contribution in [1.29, 1.82) is 10.8 Å². The van der Waals surface area contributed by atoms with Crippen LogP contribution in [-0.4, -0.2) is 143 Å². The Morgan fingerprint density at radius 3 is 1.42 bits per heavy atom. The summed E-state index contributed by atoms with van der Waals surface area (Å²) in [5, 5.41) is 43.9. The number of carboxylic acid groups (broad SMARTS) is 3. The minimum Gasteiger partial charge on any atom is -0.497 e. The van der Waals surface area contributed by atoms with Crippen LogP contribution in [0.25, 0.3) is 0 Å². The normalized spacial score (nSPS) is 33.2. The van der Waals surface area contributed by atoms with Gasteiger partial charge in [0.25, 0.3) is 0 Å². The van der Waals surface area contributed by atoms with Crippen molar-refractivity contribution < 1.29 is 34.4 Å². The summed E-state index contributed by atoms with van der Waals surface area (Å²) in [5.74, 6) is 1.77. The summed E-state index contributed by atoms with van der Waals surface area (Å²) in [5.41, 5.74) is 20.8. The van der Waals surface area contributed by atoms with Crippen LogP contribution in [-0.2, 0) is 63.4 Å². The molecule has 14 heteroatoms. The van der Waals surface area contributed by atoms with Crippen LogP contribution < -0.4 is 10.5 Å². The standard InChI is InChI=1S/C20H28N4O.C20H27NO2.C19H25NO2.C18H23NO2/c1-25-14-6-5-13-10-17-15-4-2-3-7-20(15,16(13)11-14)8-9-24(17)19(23)12-18(21)22;1-13(19(22)23)14-6-7-15-12-18-16-5-3-4-8-20(16,17(15)11-14)9-10-21(18)2;1-20-9-8-19-7-3-2-4-15(19)17(20)12-14-6-5-13(10-16(14)19)11-18(21)22;1-19-9-8-18-7-3-2-4-14(18)16(19)11-12-5-6-13(17(20)21)10-15(12)18/h5-6,11,15,17,23H,2-4,7-10,12H2,1H3,(H3,21,22);6-7,11,13,16,18H,3-5,8-10,12H2,1-2H3,(H,22,23);5-6,10,15,17H,2-4,7-9,11-12H2,1H3,(H,21,22);5-6,10,14,16H,2-4,7-9,11H2,1H3,(H,20,21)/t15-,17+,20+;13?,16-,18+,20+;15-,17+,19+;14-,16+,18+/m1111/s1. The molecule has 4 saturated heterocycles. The number of hydrogen-bond acceptors (Lipinski definition) is 9. The number of nitrogens with zero attached hydrogens (tertiary/aromatic N) is 4. The minimum absolute atomic E-state index is 0.0893. The first kappa shape index (κ1) is 63.7. The Kier molecular flexibility index (Phi) is 17.7. The number of likely N-dealkylation sites (tertiary alicyclic amines) is 4. The number of fused-ring (bicyclic) bond motifs is 4. The molecule has 488 valence electrons. The quantitative estimate of drug-likeness (QED) is 0.0720. The van der Waals surface area contributed by atoms with E-state index in [1.165, 1.54) is 180 Å². The molecule has 4 aliphatic heterocycles. The summed E-state index contributed by atoms with van der Waals surface area (Å²) in [6.07, 6.45) is 30.5. The summed E-state index contributed by atoms with van der Waals surface area (Å²) in [7, 11) is 8.58. The molecule has 0 aromatic heterocycles. The Bertz CT molecular complexity index is 3460. The van der Waals surface area contributed by atoms with Crippen LogP contribution in [0.4, 0.5) is 0 Å². The fraction of sp³-hybridized carbons (Fsp3) is 0.623. The van der Waals surface area contributed by atoms with E-state index in [0.717, 1.165) is 79.8 Å². The third-order valence-corrected chi connectivity index (χ3v) is 26.7. The lowest BCUT2D eigenvalue weighted by molar-refractivity contribution is -0.138. The summed E-state index contributed by atoms with van der Waals surface area (Å²) >= 11 is 0. The van der Waals surface area contributed by atoms with Crippen LogP contribution in [0, 0.1) is 34.5 Å². The van der Waals surface area contributed by atoms with Crippen LogP contribution in [0.5, 0.6) is 5.75 Å². The van der Waals surface area contributed by atoms with Gasteiger partial charge >= 0.3 is 17.9 Å². The smallest absolute Gasteiger partial charge is 0.335 e. The number of amidine groups is 2. The van der Waals surface area contributed by atoms with E-state index >= 15 is 0 Å². The summed E-state index contributed by atoms with van der Waals surface area (Å²) < 4.78 is 5.52. The second kappa shape index (κ2) is 25.3. The molecular formula is C77H103N7O7. The minimum atomic E-state index is -0.795. The third kappa shape index (κ3) is 11.2. The maximum Gasteiger partial charge on any atom is 0.335 e. The molecule has 14 nitrogen and oxygen atoms in total. The number of carbonyl (C=O) groups is 3. The molecule has 8 fully saturated rings. The first-order chi connectivity index (χ1) is 43.8.